The van der Waals surface area contributed by atoms with Crippen molar-refractivity contribution in [2.45, 2.75) is 6.92 Å². The molecule has 0 fully saturated rings. The fraction of sp³-hybridized carbons (Fsp3) is 0.238. The number of rotatable bonds is 5. The van der Waals surface area contributed by atoms with Gasteiger partial charge in [-0.25, -0.2) is 9.97 Å². The third-order valence-corrected chi connectivity index (χ3v) is 6.14. The summed E-state index contributed by atoms with van der Waals surface area (Å²) in [6.45, 7) is 3.16. The fourth-order valence-electron chi connectivity index (χ4n) is 2.99. The van der Waals surface area contributed by atoms with E-state index in [1.54, 1.807) is 4.90 Å². The molecule has 0 unspecified atom stereocenters. The molecule has 1 amide bonds. The lowest BCUT2D eigenvalue weighted by Crippen LogP contribution is -2.37. The number of halogens is 2. The van der Waals surface area contributed by atoms with Gasteiger partial charge in [0.25, 0.3) is 5.91 Å². The maximum absolute atomic E-state index is 13.4. The van der Waals surface area contributed by atoms with Crippen LogP contribution >= 0.6 is 35.3 Å². The molecular formula is C21H21Cl2N5OS. The van der Waals surface area contributed by atoms with E-state index in [9.17, 15) is 4.79 Å². The van der Waals surface area contributed by atoms with Crippen molar-refractivity contribution >= 4 is 67.6 Å². The second-order valence-electron chi connectivity index (χ2n) is 7.04. The van der Waals surface area contributed by atoms with Crippen molar-refractivity contribution in [1.82, 2.24) is 19.9 Å². The number of para-hydroxylation sites is 2. The normalized spacial score (nSPS) is 11.1. The van der Waals surface area contributed by atoms with E-state index in [1.165, 1.54) is 17.5 Å². The molecule has 0 aliphatic heterocycles. The van der Waals surface area contributed by atoms with E-state index >= 15 is 0 Å². The third-order valence-electron chi connectivity index (χ3n) is 4.60. The number of likely N-dealkylation sites (N-methyl/N-ethyl adjacent to an activating group) is 1. The summed E-state index contributed by atoms with van der Waals surface area (Å²) >= 11 is 7.79. The quantitative estimate of drug-likeness (QED) is 0.425. The number of aryl methyl sites for hydroxylation is 1. The zero-order valence-electron chi connectivity index (χ0n) is 16.8. The van der Waals surface area contributed by atoms with E-state index in [0.717, 1.165) is 21.3 Å². The summed E-state index contributed by atoms with van der Waals surface area (Å²) in [5, 5.41) is 1.25. The molecule has 2 aromatic heterocycles. The molecule has 6 nitrogen and oxygen atoms in total. The number of hydrogen-bond acceptors (Lipinski definition) is 6. The zero-order chi connectivity index (χ0) is 20.5. The first kappa shape index (κ1) is 22.4. The van der Waals surface area contributed by atoms with Gasteiger partial charge in [-0.3, -0.25) is 14.7 Å². The number of nitrogens with zero attached hydrogens (tertiary/aromatic N) is 5. The first-order valence-electron chi connectivity index (χ1n) is 9.18. The van der Waals surface area contributed by atoms with Gasteiger partial charge in [-0.05, 0) is 44.8 Å². The predicted molar refractivity (Wildman–Crippen MR) is 126 cm³/mol. The highest BCUT2D eigenvalue weighted by atomic mass is 35.5. The monoisotopic (exact) mass is 461 g/mol. The van der Waals surface area contributed by atoms with E-state index in [1.807, 2.05) is 62.3 Å². The highest BCUT2D eigenvalue weighted by Crippen LogP contribution is 2.36. The molecular weight excluding hydrogens is 441 g/mol. The van der Waals surface area contributed by atoms with E-state index < -0.39 is 0 Å². The maximum atomic E-state index is 13.4. The molecule has 0 bridgehead atoms. The number of anilines is 1. The second-order valence-corrected chi connectivity index (χ2v) is 8.43. The second kappa shape index (κ2) is 9.22. The van der Waals surface area contributed by atoms with Gasteiger partial charge >= 0.3 is 0 Å². The van der Waals surface area contributed by atoms with Crippen LogP contribution < -0.4 is 4.90 Å². The van der Waals surface area contributed by atoms with Gasteiger partial charge in [0, 0.05) is 13.1 Å². The van der Waals surface area contributed by atoms with Gasteiger partial charge in [-0.1, -0.05) is 41.1 Å². The van der Waals surface area contributed by atoms with Crippen LogP contribution in [-0.4, -0.2) is 52.9 Å². The number of aromatic nitrogens is 3. The molecule has 9 heteroatoms. The molecule has 30 heavy (non-hydrogen) atoms. The number of thiazole rings is 1. The summed E-state index contributed by atoms with van der Waals surface area (Å²) in [7, 11) is 3.94. The van der Waals surface area contributed by atoms with Crippen molar-refractivity contribution in [2.24, 2.45) is 0 Å². The fourth-order valence-corrected chi connectivity index (χ4v) is 4.33. The Bertz CT molecular complexity index is 1170. The van der Waals surface area contributed by atoms with Crippen molar-refractivity contribution in [3.05, 3.63) is 58.9 Å². The molecule has 0 aliphatic rings. The van der Waals surface area contributed by atoms with Gasteiger partial charge in [0.05, 0.1) is 32.5 Å². The average Bonchev–Trinajstić information content (AvgIpc) is 3.17. The first-order chi connectivity index (χ1) is 13.9. The lowest BCUT2D eigenvalue weighted by atomic mass is 10.2. The highest BCUT2D eigenvalue weighted by Gasteiger charge is 2.24. The van der Waals surface area contributed by atoms with Crippen molar-refractivity contribution in [3.63, 3.8) is 0 Å². The number of fused-ring (bicyclic) bond motifs is 2. The number of amides is 1. The topological polar surface area (TPSA) is 62.2 Å². The Kier molecular flexibility index (Phi) is 6.88. The van der Waals surface area contributed by atoms with Gasteiger partial charge in [-0.15, -0.1) is 12.4 Å². The molecule has 4 aromatic rings. The molecule has 0 atom stereocenters. The van der Waals surface area contributed by atoms with Crippen LogP contribution in [0, 0.1) is 6.92 Å². The van der Waals surface area contributed by atoms with Crippen LogP contribution in [-0.2, 0) is 0 Å². The molecule has 2 aromatic carbocycles. The van der Waals surface area contributed by atoms with Crippen molar-refractivity contribution in [2.75, 3.05) is 32.1 Å². The Morgan fingerprint density at radius 2 is 1.80 bits per heavy atom. The van der Waals surface area contributed by atoms with E-state index in [0.29, 0.717) is 34.5 Å². The average molecular weight is 462 g/mol. The van der Waals surface area contributed by atoms with Crippen molar-refractivity contribution in [1.29, 1.82) is 0 Å². The molecule has 0 aliphatic carbocycles. The van der Waals surface area contributed by atoms with Crippen LogP contribution in [0.25, 0.3) is 21.3 Å². The number of carbonyl (C=O) groups excluding carboxylic acids is 1. The Morgan fingerprint density at radius 1 is 1.07 bits per heavy atom. The third kappa shape index (κ3) is 4.39. The smallest absolute Gasteiger partial charge is 0.280 e. The van der Waals surface area contributed by atoms with Gasteiger partial charge < -0.3 is 4.90 Å². The Labute approximate surface area is 189 Å². The van der Waals surface area contributed by atoms with Gasteiger partial charge in [0.15, 0.2) is 5.13 Å². The van der Waals surface area contributed by atoms with Gasteiger partial charge in [-0.2, -0.15) is 0 Å². The van der Waals surface area contributed by atoms with Crippen molar-refractivity contribution in [3.8, 4) is 0 Å². The number of hydrogen-bond donors (Lipinski definition) is 0. The predicted octanol–water partition coefficient (Wildman–Crippen LogP) is 4.83. The largest absolute Gasteiger partial charge is 0.308 e. The van der Waals surface area contributed by atoms with Crippen LogP contribution in [0.3, 0.4) is 0 Å². The summed E-state index contributed by atoms with van der Waals surface area (Å²) in [4.78, 5) is 30.7. The van der Waals surface area contributed by atoms with Gasteiger partial charge in [0.2, 0.25) is 0 Å². The SMILES string of the molecule is Cc1ccc(Cl)c2sc(N(CCN(C)C)C(=O)c3cnc4ccccc4n3)nc12.Cl. The highest BCUT2D eigenvalue weighted by molar-refractivity contribution is 7.23. The van der Waals surface area contributed by atoms with Crippen LogP contribution in [0.4, 0.5) is 5.13 Å². The minimum Gasteiger partial charge on any atom is -0.308 e. The number of benzene rings is 2. The van der Waals surface area contributed by atoms with E-state index in [-0.39, 0.29) is 18.3 Å². The molecule has 0 saturated carbocycles. The Balaban J connectivity index is 0.00000256. The van der Waals surface area contributed by atoms with Crippen LogP contribution in [0.15, 0.2) is 42.6 Å². The lowest BCUT2D eigenvalue weighted by molar-refractivity contribution is 0.0980. The summed E-state index contributed by atoms with van der Waals surface area (Å²) in [6, 6.07) is 11.3. The molecule has 2 heterocycles. The summed E-state index contributed by atoms with van der Waals surface area (Å²) < 4.78 is 0.883. The van der Waals surface area contributed by atoms with Crippen LogP contribution in [0.1, 0.15) is 16.1 Å². The number of carbonyl (C=O) groups is 1. The molecule has 156 valence electrons. The summed E-state index contributed by atoms with van der Waals surface area (Å²) in [5.74, 6) is -0.224. The summed E-state index contributed by atoms with van der Waals surface area (Å²) in [6.07, 6.45) is 1.53. The first-order valence-corrected chi connectivity index (χ1v) is 10.4. The Hall–Kier alpha value is -2.32. The standard InChI is InChI=1S/C21H20ClN5OS.ClH/c1-13-8-9-14(22)19-18(13)25-21(29-19)27(11-10-26(2)3)20(28)17-12-23-15-6-4-5-7-16(15)24-17;/h4-9,12H,10-11H2,1-3H3;1H. The molecule has 0 saturated heterocycles. The summed E-state index contributed by atoms with van der Waals surface area (Å²) in [5.41, 5.74) is 3.59. The van der Waals surface area contributed by atoms with Crippen molar-refractivity contribution < 1.29 is 4.79 Å². The van der Waals surface area contributed by atoms with E-state index in [2.05, 4.69) is 9.97 Å². The Morgan fingerprint density at radius 3 is 2.50 bits per heavy atom. The van der Waals surface area contributed by atoms with Crippen LogP contribution in [0.2, 0.25) is 5.02 Å². The maximum Gasteiger partial charge on any atom is 0.280 e. The molecule has 0 spiro atoms. The molecule has 0 N–H and O–H groups in total. The molecule has 0 radical (unpaired) electrons. The molecule has 4 rings (SSSR count). The lowest BCUT2D eigenvalue weighted by Gasteiger charge is -2.21. The minimum absolute atomic E-state index is 0. The van der Waals surface area contributed by atoms with Gasteiger partial charge in [0.1, 0.15) is 5.69 Å². The minimum atomic E-state index is -0.224. The zero-order valence-corrected chi connectivity index (χ0v) is 19.2. The van der Waals surface area contributed by atoms with E-state index in [4.69, 9.17) is 16.6 Å². The van der Waals surface area contributed by atoms with Crippen LogP contribution in [0.5, 0.6) is 0 Å².